The minimum absolute atomic E-state index is 0.0865. The van der Waals surface area contributed by atoms with Gasteiger partial charge in [-0.15, -0.1) is 0 Å². The fourth-order valence-electron chi connectivity index (χ4n) is 3.01. The predicted octanol–water partition coefficient (Wildman–Crippen LogP) is 4.78. The van der Waals surface area contributed by atoms with Crippen molar-refractivity contribution in [1.82, 2.24) is 20.1 Å². The predicted molar refractivity (Wildman–Crippen MR) is 113 cm³/mol. The van der Waals surface area contributed by atoms with Gasteiger partial charge in [0.05, 0.1) is 5.69 Å². The van der Waals surface area contributed by atoms with Crippen LogP contribution in [0.3, 0.4) is 0 Å². The van der Waals surface area contributed by atoms with E-state index in [-0.39, 0.29) is 11.4 Å². The van der Waals surface area contributed by atoms with E-state index in [0.717, 1.165) is 29.1 Å². The van der Waals surface area contributed by atoms with E-state index in [1.54, 1.807) is 4.68 Å². The molecule has 1 heterocycles. The van der Waals surface area contributed by atoms with Crippen LogP contribution in [0.5, 0.6) is 0 Å². The van der Waals surface area contributed by atoms with Crippen molar-refractivity contribution >= 4 is 5.91 Å². The quantitative estimate of drug-likeness (QED) is 0.697. The summed E-state index contributed by atoms with van der Waals surface area (Å²) in [5.74, 6) is 1.41. The number of rotatable bonds is 5. The number of hydrogen-bond donors (Lipinski definition) is 1. The van der Waals surface area contributed by atoms with Gasteiger partial charge >= 0.3 is 0 Å². The maximum atomic E-state index is 13.0. The van der Waals surface area contributed by atoms with Gasteiger partial charge < -0.3 is 5.32 Å². The normalized spacial score (nSPS) is 11.5. The number of benzene rings is 2. The van der Waals surface area contributed by atoms with Crippen LogP contribution >= 0.6 is 0 Å². The molecule has 1 N–H and O–H groups in total. The second-order valence-corrected chi connectivity index (χ2v) is 7.94. The van der Waals surface area contributed by atoms with E-state index in [2.05, 4.69) is 53.5 Å². The molecular formula is C23H28N4O. The van der Waals surface area contributed by atoms with Gasteiger partial charge in [-0.2, -0.15) is 5.10 Å². The molecule has 0 saturated heterocycles. The van der Waals surface area contributed by atoms with Gasteiger partial charge in [0.1, 0.15) is 11.6 Å². The molecule has 3 rings (SSSR count). The SMILES string of the molecule is CCC(C)(C)NC(=O)c1cc(-c2ccc(C)cc2)cc(-n2nc(C)nc2C)c1. The summed E-state index contributed by atoms with van der Waals surface area (Å²) in [6, 6.07) is 14.2. The molecule has 0 spiro atoms. The Hall–Kier alpha value is -2.95. The molecule has 1 aromatic heterocycles. The third kappa shape index (κ3) is 4.30. The molecule has 5 heteroatoms. The lowest BCUT2D eigenvalue weighted by atomic mass is 9.98. The van der Waals surface area contributed by atoms with Crippen LogP contribution in [0.4, 0.5) is 0 Å². The molecule has 0 aliphatic rings. The van der Waals surface area contributed by atoms with Crippen molar-refractivity contribution in [1.29, 1.82) is 0 Å². The summed E-state index contributed by atoms with van der Waals surface area (Å²) < 4.78 is 1.79. The first kappa shape index (κ1) is 19.8. The van der Waals surface area contributed by atoms with E-state index in [1.165, 1.54) is 5.56 Å². The van der Waals surface area contributed by atoms with E-state index in [1.807, 2.05) is 45.9 Å². The fraction of sp³-hybridized carbons (Fsp3) is 0.348. The Morgan fingerprint density at radius 2 is 1.71 bits per heavy atom. The number of aromatic nitrogens is 3. The first-order chi connectivity index (χ1) is 13.2. The Morgan fingerprint density at radius 1 is 1.04 bits per heavy atom. The van der Waals surface area contributed by atoms with Crippen LogP contribution in [-0.4, -0.2) is 26.2 Å². The molecule has 0 radical (unpaired) electrons. The van der Waals surface area contributed by atoms with Crippen LogP contribution in [0.2, 0.25) is 0 Å². The minimum atomic E-state index is -0.267. The second-order valence-electron chi connectivity index (χ2n) is 7.94. The van der Waals surface area contributed by atoms with Gasteiger partial charge in [0, 0.05) is 11.1 Å². The van der Waals surface area contributed by atoms with Crippen LogP contribution in [-0.2, 0) is 0 Å². The Bertz CT molecular complexity index is 1000. The molecule has 28 heavy (non-hydrogen) atoms. The number of hydrogen-bond acceptors (Lipinski definition) is 3. The summed E-state index contributed by atoms with van der Waals surface area (Å²) >= 11 is 0. The van der Waals surface area contributed by atoms with Crippen LogP contribution in [0, 0.1) is 20.8 Å². The van der Waals surface area contributed by atoms with Crippen molar-refractivity contribution in [2.75, 3.05) is 0 Å². The zero-order valence-corrected chi connectivity index (χ0v) is 17.5. The number of aryl methyl sites for hydroxylation is 3. The number of amides is 1. The standard InChI is InChI=1S/C23H28N4O/c1-7-23(5,6)25-22(28)20-12-19(18-10-8-15(2)9-11-18)13-21(14-20)27-17(4)24-16(3)26-27/h8-14H,7H2,1-6H3,(H,25,28). The van der Waals surface area contributed by atoms with E-state index in [4.69, 9.17) is 0 Å². The number of carbonyl (C=O) groups excluding carboxylic acids is 1. The van der Waals surface area contributed by atoms with Gasteiger partial charge in [0.25, 0.3) is 5.91 Å². The largest absolute Gasteiger partial charge is 0.347 e. The molecule has 0 aliphatic heterocycles. The highest BCUT2D eigenvalue weighted by atomic mass is 16.1. The van der Waals surface area contributed by atoms with Gasteiger partial charge in [-0.05, 0) is 70.4 Å². The summed E-state index contributed by atoms with van der Waals surface area (Å²) in [5.41, 5.74) is 4.41. The lowest BCUT2D eigenvalue weighted by Gasteiger charge is -2.24. The summed E-state index contributed by atoms with van der Waals surface area (Å²) in [6.07, 6.45) is 0.852. The van der Waals surface area contributed by atoms with Crippen molar-refractivity contribution in [3.05, 3.63) is 65.2 Å². The van der Waals surface area contributed by atoms with Crippen LogP contribution < -0.4 is 5.32 Å². The van der Waals surface area contributed by atoms with Gasteiger partial charge in [0.15, 0.2) is 0 Å². The number of nitrogens with one attached hydrogen (secondary N) is 1. The molecule has 0 saturated carbocycles. The van der Waals surface area contributed by atoms with Crippen molar-refractivity contribution < 1.29 is 4.79 Å². The molecule has 0 unspecified atom stereocenters. The average Bonchev–Trinajstić information content (AvgIpc) is 3.00. The third-order valence-corrected chi connectivity index (χ3v) is 5.02. The van der Waals surface area contributed by atoms with Gasteiger partial charge in [-0.3, -0.25) is 4.79 Å². The molecule has 0 atom stereocenters. The maximum absolute atomic E-state index is 13.0. The van der Waals surface area contributed by atoms with E-state index in [9.17, 15) is 4.79 Å². The van der Waals surface area contributed by atoms with Crippen LogP contribution in [0.25, 0.3) is 16.8 Å². The average molecular weight is 377 g/mol. The van der Waals surface area contributed by atoms with Crippen molar-refractivity contribution in [2.45, 2.75) is 53.5 Å². The lowest BCUT2D eigenvalue weighted by Crippen LogP contribution is -2.42. The Balaban J connectivity index is 2.12. The molecule has 5 nitrogen and oxygen atoms in total. The topological polar surface area (TPSA) is 59.8 Å². The molecule has 146 valence electrons. The van der Waals surface area contributed by atoms with E-state index < -0.39 is 0 Å². The Labute approximate surface area is 166 Å². The summed E-state index contributed by atoms with van der Waals surface area (Å²) in [7, 11) is 0. The highest BCUT2D eigenvalue weighted by molar-refractivity contribution is 5.96. The van der Waals surface area contributed by atoms with Crippen molar-refractivity contribution in [3.8, 4) is 16.8 Å². The van der Waals surface area contributed by atoms with Crippen LogP contribution in [0.15, 0.2) is 42.5 Å². The maximum Gasteiger partial charge on any atom is 0.251 e. The number of nitrogens with zero attached hydrogens (tertiary/aromatic N) is 3. The smallest absolute Gasteiger partial charge is 0.251 e. The highest BCUT2D eigenvalue weighted by Gasteiger charge is 2.20. The Morgan fingerprint density at radius 3 is 2.29 bits per heavy atom. The second kappa shape index (κ2) is 7.58. The zero-order valence-electron chi connectivity index (χ0n) is 17.5. The Kier molecular flexibility index (Phi) is 5.36. The lowest BCUT2D eigenvalue weighted by molar-refractivity contribution is 0.0911. The number of carbonyl (C=O) groups is 1. The zero-order chi connectivity index (χ0) is 20.5. The third-order valence-electron chi connectivity index (χ3n) is 5.02. The monoisotopic (exact) mass is 376 g/mol. The molecule has 0 aliphatic carbocycles. The van der Waals surface area contributed by atoms with Gasteiger partial charge in [-0.25, -0.2) is 9.67 Å². The first-order valence-electron chi connectivity index (χ1n) is 9.64. The molecule has 1 amide bonds. The molecule has 0 bridgehead atoms. The van der Waals surface area contributed by atoms with Crippen molar-refractivity contribution in [2.24, 2.45) is 0 Å². The fourth-order valence-corrected chi connectivity index (χ4v) is 3.01. The summed E-state index contributed by atoms with van der Waals surface area (Å²) in [5, 5.41) is 7.62. The van der Waals surface area contributed by atoms with Gasteiger partial charge in [0.2, 0.25) is 0 Å². The molecular weight excluding hydrogens is 348 g/mol. The van der Waals surface area contributed by atoms with Crippen LogP contribution in [0.1, 0.15) is 54.8 Å². The van der Waals surface area contributed by atoms with E-state index in [0.29, 0.717) is 11.4 Å². The summed E-state index contributed by atoms with van der Waals surface area (Å²) in [4.78, 5) is 17.4. The molecule has 2 aromatic carbocycles. The molecule has 3 aromatic rings. The van der Waals surface area contributed by atoms with Crippen molar-refractivity contribution in [3.63, 3.8) is 0 Å². The van der Waals surface area contributed by atoms with Gasteiger partial charge in [-0.1, -0.05) is 36.8 Å². The van der Waals surface area contributed by atoms with E-state index >= 15 is 0 Å². The minimum Gasteiger partial charge on any atom is -0.347 e. The summed E-state index contributed by atoms with van der Waals surface area (Å²) in [6.45, 7) is 12.0. The first-order valence-corrected chi connectivity index (χ1v) is 9.64. The molecule has 0 fully saturated rings. The highest BCUT2D eigenvalue weighted by Crippen LogP contribution is 2.26.